The van der Waals surface area contributed by atoms with E-state index in [9.17, 15) is 9.59 Å². The fourth-order valence-corrected chi connectivity index (χ4v) is 3.84. The van der Waals surface area contributed by atoms with Crippen LogP contribution in [0, 0.1) is 6.92 Å². The van der Waals surface area contributed by atoms with Gasteiger partial charge in [-0.1, -0.05) is 48.0 Å². The van der Waals surface area contributed by atoms with Crippen molar-refractivity contribution in [1.82, 2.24) is 10.3 Å². The molecule has 3 aromatic rings. The number of aryl methyl sites for hydroxylation is 1. The van der Waals surface area contributed by atoms with Gasteiger partial charge in [0.15, 0.2) is 5.13 Å². The van der Waals surface area contributed by atoms with Gasteiger partial charge in [-0.2, -0.15) is 0 Å². The first-order chi connectivity index (χ1) is 15.0. The number of hydrogen-bond donors (Lipinski definition) is 2. The molecule has 7 heteroatoms. The van der Waals surface area contributed by atoms with E-state index in [1.165, 1.54) is 5.56 Å². The zero-order valence-corrected chi connectivity index (χ0v) is 18.2. The Kier molecular flexibility index (Phi) is 7.56. The molecule has 0 aliphatic carbocycles. The van der Waals surface area contributed by atoms with Crippen LogP contribution in [0.4, 0.5) is 5.13 Å². The molecule has 6 nitrogen and oxygen atoms in total. The van der Waals surface area contributed by atoms with E-state index < -0.39 is 5.97 Å². The molecule has 1 heterocycles. The highest BCUT2D eigenvalue weighted by Gasteiger charge is 2.13. The number of nitrogens with one attached hydrogen (secondary N) is 1. The van der Waals surface area contributed by atoms with Gasteiger partial charge in [-0.15, -0.1) is 17.9 Å². The first kappa shape index (κ1) is 22.2. The minimum atomic E-state index is -0.939. The number of carboxylic acid groups (broad SMARTS) is 1. The summed E-state index contributed by atoms with van der Waals surface area (Å²) in [5.41, 5.74) is 4.79. The normalized spacial score (nSPS) is 10.5. The molecule has 0 radical (unpaired) electrons. The molecular weight excluding hydrogens is 410 g/mol. The van der Waals surface area contributed by atoms with Crippen molar-refractivity contribution in [2.24, 2.45) is 0 Å². The number of thiazole rings is 1. The van der Waals surface area contributed by atoms with Crippen molar-refractivity contribution in [2.45, 2.75) is 19.9 Å². The number of aromatic nitrogens is 1. The van der Waals surface area contributed by atoms with Crippen LogP contribution in [0.5, 0.6) is 0 Å². The molecule has 160 valence electrons. The topological polar surface area (TPSA) is 82.5 Å². The van der Waals surface area contributed by atoms with Crippen LogP contribution in [-0.2, 0) is 11.3 Å². The van der Waals surface area contributed by atoms with Gasteiger partial charge in [0.05, 0.1) is 12.1 Å². The number of anilines is 1. The molecule has 1 amide bonds. The lowest BCUT2D eigenvalue weighted by Gasteiger charge is -2.20. The highest BCUT2D eigenvalue weighted by atomic mass is 32.1. The quantitative estimate of drug-likeness (QED) is 0.458. The monoisotopic (exact) mass is 435 g/mol. The number of nitrogens with zero attached hydrogens (tertiary/aromatic N) is 2. The van der Waals surface area contributed by atoms with E-state index in [4.69, 9.17) is 10.1 Å². The minimum Gasteiger partial charge on any atom is -0.481 e. The molecule has 0 spiro atoms. The van der Waals surface area contributed by atoms with Gasteiger partial charge in [-0.25, -0.2) is 4.98 Å². The van der Waals surface area contributed by atoms with Crippen molar-refractivity contribution in [2.75, 3.05) is 18.0 Å². The molecule has 2 aromatic carbocycles. The Morgan fingerprint density at radius 2 is 1.87 bits per heavy atom. The van der Waals surface area contributed by atoms with Crippen LogP contribution in [0.25, 0.3) is 11.3 Å². The molecule has 0 aliphatic rings. The third-order valence-electron chi connectivity index (χ3n) is 4.67. The molecule has 0 atom stereocenters. The number of carbonyl (C=O) groups excluding carboxylic acids is 1. The summed E-state index contributed by atoms with van der Waals surface area (Å²) < 4.78 is 0. The lowest BCUT2D eigenvalue weighted by atomic mass is 10.1. The van der Waals surface area contributed by atoms with Gasteiger partial charge in [-0.05, 0) is 24.6 Å². The molecule has 0 fully saturated rings. The van der Waals surface area contributed by atoms with Gasteiger partial charge in [0.1, 0.15) is 0 Å². The maximum atomic E-state index is 12.1. The number of rotatable bonds is 10. The van der Waals surface area contributed by atoms with Crippen LogP contribution in [0.3, 0.4) is 0 Å². The molecule has 3 rings (SSSR count). The molecule has 0 aliphatic heterocycles. The molecule has 0 bridgehead atoms. The van der Waals surface area contributed by atoms with Crippen LogP contribution >= 0.6 is 11.3 Å². The highest BCUT2D eigenvalue weighted by Crippen LogP contribution is 2.28. The summed E-state index contributed by atoms with van der Waals surface area (Å²) in [6.45, 7) is 7.31. The van der Waals surface area contributed by atoms with Gasteiger partial charge in [-0.3, -0.25) is 9.59 Å². The zero-order valence-electron chi connectivity index (χ0n) is 17.4. The SMILES string of the molecule is C=CCN(Cc1ccc(C(=O)NCCC(=O)O)cc1)c1nc(-c2ccc(C)cc2)cs1. The second kappa shape index (κ2) is 10.5. The van der Waals surface area contributed by atoms with Crippen molar-refractivity contribution in [1.29, 1.82) is 0 Å². The molecule has 0 saturated heterocycles. The predicted molar refractivity (Wildman–Crippen MR) is 125 cm³/mol. The molecule has 1 aromatic heterocycles. The summed E-state index contributed by atoms with van der Waals surface area (Å²) in [7, 11) is 0. The van der Waals surface area contributed by atoms with Gasteiger partial charge in [0, 0.05) is 36.1 Å². The molecule has 2 N–H and O–H groups in total. The van der Waals surface area contributed by atoms with Crippen molar-refractivity contribution in [3.63, 3.8) is 0 Å². The first-order valence-electron chi connectivity index (χ1n) is 9.93. The molecule has 0 saturated carbocycles. The number of carboxylic acids is 1. The first-order valence-corrected chi connectivity index (χ1v) is 10.8. The summed E-state index contributed by atoms with van der Waals surface area (Å²) in [5.74, 6) is -1.22. The predicted octanol–water partition coefficient (Wildman–Crippen LogP) is 4.52. The van der Waals surface area contributed by atoms with Gasteiger partial charge >= 0.3 is 5.97 Å². The number of benzene rings is 2. The summed E-state index contributed by atoms with van der Waals surface area (Å²) in [6, 6.07) is 15.6. The zero-order chi connectivity index (χ0) is 22.2. The van der Waals surface area contributed by atoms with E-state index in [1.807, 2.05) is 18.2 Å². The van der Waals surface area contributed by atoms with Crippen LogP contribution in [0.2, 0.25) is 0 Å². The van der Waals surface area contributed by atoms with E-state index in [0.29, 0.717) is 18.7 Å². The average molecular weight is 436 g/mol. The fourth-order valence-electron chi connectivity index (χ4n) is 3.00. The van der Waals surface area contributed by atoms with Crippen molar-refractivity contribution < 1.29 is 14.7 Å². The van der Waals surface area contributed by atoms with Crippen molar-refractivity contribution in [3.05, 3.63) is 83.3 Å². The molecule has 31 heavy (non-hydrogen) atoms. The van der Waals surface area contributed by atoms with Crippen molar-refractivity contribution in [3.8, 4) is 11.3 Å². The standard InChI is InChI=1S/C24H25N3O3S/c1-3-14-27(24-26-21(16-31-24)19-8-4-17(2)5-9-19)15-18-6-10-20(11-7-18)23(30)25-13-12-22(28)29/h3-11,16H,1,12-15H2,2H3,(H,25,30)(H,28,29). The van der Waals surface area contributed by atoms with Crippen LogP contribution in [-0.4, -0.2) is 35.1 Å². The van der Waals surface area contributed by atoms with Crippen LogP contribution in [0.15, 0.2) is 66.6 Å². The fraction of sp³-hybridized carbons (Fsp3) is 0.208. The van der Waals surface area contributed by atoms with Gasteiger partial charge < -0.3 is 15.3 Å². The van der Waals surface area contributed by atoms with Crippen LogP contribution in [0.1, 0.15) is 27.9 Å². The summed E-state index contributed by atoms with van der Waals surface area (Å²) in [6.07, 6.45) is 1.75. The Labute approximate surface area is 185 Å². The maximum Gasteiger partial charge on any atom is 0.305 e. The summed E-state index contributed by atoms with van der Waals surface area (Å²) in [4.78, 5) is 29.6. The van der Waals surface area contributed by atoms with Crippen molar-refractivity contribution >= 4 is 28.3 Å². The lowest BCUT2D eigenvalue weighted by molar-refractivity contribution is -0.136. The maximum absolute atomic E-state index is 12.1. The third-order valence-corrected chi connectivity index (χ3v) is 5.57. The Balaban J connectivity index is 1.67. The van der Waals surface area contributed by atoms with Crippen LogP contribution < -0.4 is 10.2 Å². The Morgan fingerprint density at radius 1 is 1.16 bits per heavy atom. The van der Waals surface area contributed by atoms with E-state index >= 15 is 0 Å². The van der Waals surface area contributed by atoms with E-state index in [1.54, 1.807) is 23.5 Å². The Hall–Kier alpha value is -3.45. The number of aliphatic carboxylic acids is 1. The largest absolute Gasteiger partial charge is 0.481 e. The number of amides is 1. The Bertz CT molecular complexity index is 1040. The van der Waals surface area contributed by atoms with E-state index in [0.717, 1.165) is 22.0 Å². The van der Waals surface area contributed by atoms with E-state index in [2.05, 4.69) is 53.4 Å². The smallest absolute Gasteiger partial charge is 0.305 e. The number of hydrogen-bond acceptors (Lipinski definition) is 5. The highest BCUT2D eigenvalue weighted by molar-refractivity contribution is 7.14. The second-order valence-electron chi connectivity index (χ2n) is 7.15. The lowest BCUT2D eigenvalue weighted by Crippen LogP contribution is -2.26. The summed E-state index contributed by atoms with van der Waals surface area (Å²) in [5, 5.41) is 14.2. The summed E-state index contributed by atoms with van der Waals surface area (Å²) >= 11 is 1.59. The van der Waals surface area contributed by atoms with Gasteiger partial charge in [0.2, 0.25) is 0 Å². The Morgan fingerprint density at radius 3 is 2.52 bits per heavy atom. The molecular formula is C24H25N3O3S. The van der Waals surface area contributed by atoms with E-state index in [-0.39, 0.29) is 18.9 Å². The molecule has 0 unspecified atom stereocenters. The minimum absolute atomic E-state index is 0.0985. The second-order valence-corrected chi connectivity index (χ2v) is 7.98. The average Bonchev–Trinajstić information content (AvgIpc) is 3.24. The number of carbonyl (C=O) groups is 2. The van der Waals surface area contributed by atoms with Gasteiger partial charge in [0.25, 0.3) is 5.91 Å². The third kappa shape index (κ3) is 6.26.